The van der Waals surface area contributed by atoms with Crippen molar-refractivity contribution < 1.29 is 23.4 Å². The first-order valence-electron chi connectivity index (χ1n) is 12.1. The third kappa shape index (κ3) is 4.59. The number of hydrogen-bond donors (Lipinski definition) is 1. The molecule has 0 atom stereocenters. The van der Waals surface area contributed by atoms with Crippen LogP contribution in [0.5, 0.6) is 5.75 Å². The van der Waals surface area contributed by atoms with E-state index in [1.165, 1.54) is 18.5 Å². The Morgan fingerprint density at radius 2 is 1.89 bits per heavy atom. The fraction of sp³-hybridized carbons (Fsp3) is 0.296. The first kappa shape index (κ1) is 25.0. The first-order valence-corrected chi connectivity index (χ1v) is 12.5. The molecule has 0 spiro atoms. The van der Waals surface area contributed by atoms with Crippen LogP contribution in [0.3, 0.4) is 0 Å². The Morgan fingerprint density at radius 3 is 2.65 bits per heavy atom. The van der Waals surface area contributed by atoms with E-state index < -0.39 is 11.6 Å². The molecular weight excluding hydrogens is 502 g/mol. The molecule has 37 heavy (non-hydrogen) atoms. The summed E-state index contributed by atoms with van der Waals surface area (Å²) in [4.78, 5) is 24.3. The Balaban J connectivity index is 1.49. The third-order valence-corrected chi connectivity index (χ3v) is 6.94. The SMILES string of the molecule is CCCCOC(=O)N1CCN(c2c(O)cnc3c(F)c(-c4cccc5ccc(F)c(Cl)c45)ncc23)CC1. The molecule has 0 bridgehead atoms. The zero-order valence-corrected chi connectivity index (χ0v) is 20.9. The molecule has 2 aromatic carbocycles. The standard InChI is InChI=1S/C27H25ClF2N4O3/c1-2-3-13-37-27(36)34-11-9-33(10-12-34)26-18-14-31-24(23(30)25(18)32-15-20(26)35)17-6-4-5-16-7-8-19(29)22(28)21(16)17/h4-8,14-15,35H,2-3,9-13H2,1H3. The van der Waals surface area contributed by atoms with Crippen LogP contribution in [0.25, 0.3) is 32.9 Å². The van der Waals surface area contributed by atoms with Gasteiger partial charge < -0.3 is 19.6 Å². The first-order chi connectivity index (χ1) is 17.9. The number of nitrogens with zero attached hydrogens (tertiary/aromatic N) is 4. The summed E-state index contributed by atoms with van der Waals surface area (Å²) in [6.45, 7) is 4.02. The smallest absolute Gasteiger partial charge is 0.409 e. The lowest BCUT2D eigenvalue weighted by atomic mass is 10.00. The van der Waals surface area contributed by atoms with Crippen molar-refractivity contribution in [2.75, 3.05) is 37.7 Å². The lowest BCUT2D eigenvalue weighted by Gasteiger charge is -2.36. The number of anilines is 1. The average molecular weight is 527 g/mol. The number of hydrogen-bond acceptors (Lipinski definition) is 6. The van der Waals surface area contributed by atoms with Gasteiger partial charge in [-0.05, 0) is 17.9 Å². The number of piperazine rings is 1. The number of carbonyl (C=O) groups excluding carboxylic acids is 1. The zero-order chi connectivity index (χ0) is 26.1. The van der Waals surface area contributed by atoms with Crippen LogP contribution >= 0.6 is 11.6 Å². The van der Waals surface area contributed by atoms with Gasteiger partial charge in [-0.1, -0.05) is 49.2 Å². The monoisotopic (exact) mass is 526 g/mol. The number of halogens is 3. The summed E-state index contributed by atoms with van der Waals surface area (Å²) in [6.07, 6.45) is 4.04. The molecular formula is C27H25ClF2N4O3. The molecule has 1 saturated heterocycles. The van der Waals surface area contributed by atoms with Crippen LogP contribution in [-0.2, 0) is 4.74 Å². The maximum Gasteiger partial charge on any atom is 0.409 e. The summed E-state index contributed by atoms with van der Waals surface area (Å²) in [6, 6.07) is 7.95. The molecule has 1 aliphatic rings. The Morgan fingerprint density at radius 1 is 1.11 bits per heavy atom. The molecule has 5 rings (SSSR count). The number of unbranched alkanes of at least 4 members (excludes halogenated alkanes) is 1. The van der Waals surface area contributed by atoms with Crippen molar-refractivity contribution in [3.63, 3.8) is 0 Å². The summed E-state index contributed by atoms with van der Waals surface area (Å²) in [5, 5.41) is 11.9. The van der Waals surface area contributed by atoms with Gasteiger partial charge in [-0.2, -0.15) is 0 Å². The number of fused-ring (bicyclic) bond motifs is 2. The van der Waals surface area contributed by atoms with Crippen molar-refractivity contribution in [1.82, 2.24) is 14.9 Å². The number of aromatic nitrogens is 2. The largest absolute Gasteiger partial charge is 0.504 e. The molecule has 0 saturated carbocycles. The van der Waals surface area contributed by atoms with Gasteiger partial charge >= 0.3 is 6.09 Å². The minimum atomic E-state index is -0.704. The number of amides is 1. The molecule has 192 valence electrons. The normalized spacial score (nSPS) is 13.9. The van der Waals surface area contributed by atoms with E-state index >= 15 is 4.39 Å². The van der Waals surface area contributed by atoms with E-state index in [2.05, 4.69) is 9.97 Å². The molecule has 4 aromatic rings. The molecule has 3 heterocycles. The van der Waals surface area contributed by atoms with Crippen molar-refractivity contribution in [2.45, 2.75) is 19.8 Å². The van der Waals surface area contributed by atoms with Crippen molar-refractivity contribution >= 4 is 45.1 Å². The highest BCUT2D eigenvalue weighted by Gasteiger charge is 2.27. The Labute approximate surface area is 217 Å². The molecule has 1 amide bonds. The van der Waals surface area contributed by atoms with Crippen molar-refractivity contribution in [1.29, 1.82) is 0 Å². The number of pyridine rings is 2. The molecule has 1 fully saturated rings. The van der Waals surface area contributed by atoms with Gasteiger partial charge in [-0.25, -0.2) is 18.6 Å². The Kier molecular flexibility index (Phi) is 6.97. The topological polar surface area (TPSA) is 78.8 Å². The predicted octanol–water partition coefficient (Wildman–Crippen LogP) is 6.15. The minimum Gasteiger partial charge on any atom is -0.504 e. The van der Waals surface area contributed by atoms with Crippen molar-refractivity contribution in [2.24, 2.45) is 0 Å². The van der Waals surface area contributed by atoms with E-state index in [4.69, 9.17) is 16.3 Å². The average Bonchev–Trinajstić information content (AvgIpc) is 2.91. The van der Waals surface area contributed by atoms with Gasteiger partial charge in [0.05, 0.1) is 23.5 Å². The highest BCUT2D eigenvalue weighted by molar-refractivity contribution is 6.36. The molecule has 0 unspecified atom stereocenters. The number of benzene rings is 2. The lowest BCUT2D eigenvalue weighted by Crippen LogP contribution is -2.49. The fourth-order valence-electron chi connectivity index (χ4n) is 4.64. The molecule has 7 nitrogen and oxygen atoms in total. The number of ether oxygens (including phenoxy) is 1. The highest BCUT2D eigenvalue weighted by atomic mass is 35.5. The molecule has 2 aromatic heterocycles. The second-order valence-corrected chi connectivity index (χ2v) is 9.26. The van der Waals surface area contributed by atoms with E-state index in [-0.39, 0.29) is 28.1 Å². The third-order valence-electron chi connectivity index (χ3n) is 6.58. The Bertz CT molecular complexity index is 1490. The molecule has 0 radical (unpaired) electrons. The summed E-state index contributed by atoms with van der Waals surface area (Å²) >= 11 is 6.25. The summed E-state index contributed by atoms with van der Waals surface area (Å²) in [7, 11) is 0. The van der Waals surface area contributed by atoms with Gasteiger partial charge in [0.15, 0.2) is 11.6 Å². The van der Waals surface area contributed by atoms with E-state index in [0.29, 0.717) is 60.2 Å². The van der Waals surface area contributed by atoms with Crippen LogP contribution in [0, 0.1) is 11.6 Å². The van der Waals surface area contributed by atoms with Gasteiger partial charge in [0, 0.05) is 48.7 Å². The quantitative estimate of drug-likeness (QED) is 0.314. The van der Waals surface area contributed by atoms with Crippen LogP contribution in [0.2, 0.25) is 5.02 Å². The van der Waals surface area contributed by atoms with Crippen LogP contribution < -0.4 is 4.90 Å². The number of rotatable bonds is 5. The summed E-state index contributed by atoms with van der Waals surface area (Å²) in [5.41, 5.74) is 0.732. The predicted molar refractivity (Wildman–Crippen MR) is 139 cm³/mol. The van der Waals surface area contributed by atoms with Gasteiger partial charge in [0.25, 0.3) is 0 Å². The Hall–Kier alpha value is -3.72. The number of carbonyl (C=O) groups is 1. The molecule has 0 aliphatic carbocycles. The second-order valence-electron chi connectivity index (χ2n) is 8.88. The van der Waals surface area contributed by atoms with Crippen LogP contribution in [0.15, 0.2) is 42.7 Å². The maximum absolute atomic E-state index is 15.9. The molecule has 1 N–H and O–H groups in total. The lowest BCUT2D eigenvalue weighted by molar-refractivity contribution is 0.0989. The van der Waals surface area contributed by atoms with Gasteiger partial charge in [-0.15, -0.1) is 0 Å². The van der Waals surface area contributed by atoms with Crippen molar-refractivity contribution in [3.05, 3.63) is 59.4 Å². The van der Waals surface area contributed by atoms with Gasteiger partial charge in [0.1, 0.15) is 17.0 Å². The zero-order valence-electron chi connectivity index (χ0n) is 20.2. The number of aromatic hydroxyl groups is 1. The van der Waals surface area contributed by atoms with E-state index in [9.17, 15) is 14.3 Å². The fourth-order valence-corrected chi connectivity index (χ4v) is 4.91. The maximum atomic E-state index is 15.9. The molecule has 10 heteroatoms. The van der Waals surface area contributed by atoms with Gasteiger partial charge in [0.2, 0.25) is 0 Å². The van der Waals surface area contributed by atoms with E-state index in [0.717, 1.165) is 12.8 Å². The summed E-state index contributed by atoms with van der Waals surface area (Å²) < 4.78 is 35.4. The van der Waals surface area contributed by atoms with Crippen LogP contribution in [-0.4, -0.2) is 58.9 Å². The minimum absolute atomic E-state index is 0.0173. The van der Waals surface area contributed by atoms with Gasteiger partial charge in [-0.3, -0.25) is 4.98 Å². The van der Waals surface area contributed by atoms with Crippen LogP contribution in [0.4, 0.5) is 19.3 Å². The van der Waals surface area contributed by atoms with E-state index in [1.807, 2.05) is 11.8 Å². The van der Waals surface area contributed by atoms with Crippen molar-refractivity contribution in [3.8, 4) is 17.0 Å². The van der Waals surface area contributed by atoms with E-state index in [1.54, 1.807) is 29.2 Å². The summed E-state index contributed by atoms with van der Waals surface area (Å²) in [5.74, 6) is -1.43. The molecule has 1 aliphatic heterocycles. The highest BCUT2D eigenvalue weighted by Crippen LogP contribution is 2.40. The van der Waals surface area contributed by atoms with Crippen LogP contribution in [0.1, 0.15) is 19.8 Å². The second kappa shape index (κ2) is 10.3.